The molecule has 13 heteroatoms. The van der Waals surface area contributed by atoms with Gasteiger partial charge in [0.05, 0.1) is 27.0 Å². The molecule has 2 aliphatic heterocycles. The number of amides is 1. The summed E-state index contributed by atoms with van der Waals surface area (Å²) < 4.78 is 27.2. The van der Waals surface area contributed by atoms with Crippen molar-refractivity contribution in [1.82, 2.24) is 24.6 Å². The second-order valence-corrected chi connectivity index (χ2v) is 14.4. The van der Waals surface area contributed by atoms with Gasteiger partial charge >= 0.3 is 5.97 Å². The summed E-state index contributed by atoms with van der Waals surface area (Å²) in [7, 11) is -1.24. The first-order chi connectivity index (χ1) is 21.6. The van der Waals surface area contributed by atoms with Gasteiger partial charge in [0, 0.05) is 64.9 Å². The third-order valence-corrected chi connectivity index (χ3v) is 10.3. The smallest absolute Gasteiger partial charge is 0.303 e. The number of rotatable bonds is 12. The van der Waals surface area contributed by atoms with E-state index in [2.05, 4.69) is 45.3 Å². The Morgan fingerprint density at radius 2 is 1.91 bits per heavy atom. The molecule has 3 aromatic rings. The number of hydrogen-bond donors (Lipinski definition) is 1. The number of aromatic nitrogens is 3. The van der Waals surface area contributed by atoms with Crippen molar-refractivity contribution in [3.63, 3.8) is 0 Å². The summed E-state index contributed by atoms with van der Waals surface area (Å²) in [5, 5.41) is 3.42. The number of carbonyl (C=O) groups is 2. The number of piperidine rings is 1. The van der Waals surface area contributed by atoms with Crippen molar-refractivity contribution in [2.45, 2.75) is 71.5 Å². The molecule has 11 nitrogen and oxygen atoms in total. The van der Waals surface area contributed by atoms with Gasteiger partial charge < -0.3 is 19.7 Å². The molecule has 4 heterocycles. The van der Waals surface area contributed by atoms with Gasteiger partial charge in [0.25, 0.3) is 11.1 Å². The Bertz CT molecular complexity index is 1550. The van der Waals surface area contributed by atoms with E-state index in [-0.39, 0.29) is 12.6 Å². The first-order valence-electron chi connectivity index (χ1n) is 15.5. The van der Waals surface area contributed by atoms with Gasteiger partial charge in [-0.2, -0.15) is 0 Å². The minimum atomic E-state index is -1.27. The van der Waals surface area contributed by atoms with Gasteiger partial charge in [-0.1, -0.05) is 36.8 Å². The SMILES string of the molecule is CCCc1cnc(N2CCC(Oc3nc4ccc(C5=CCN(S(=O)CCNC(=O)C(C)(C)OC(C)=O)CC5)cc4s3)CC2)nc1. The summed E-state index contributed by atoms with van der Waals surface area (Å²) in [6.07, 6.45) is 10.8. The highest BCUT2D eigenvalue weighted by atomic mass is 32.2. The number of carbonyl (C=O) groups excluding carboxylic acids is 2. The molecule has 1 atom stereocenters. The standard InChI is InChI=1S/C32H42N6O5S2/c1-5-6-23-20-34-30(35-21-23)37-14-11-26(12-15-37)42-31-36-27-8-7-25(19-28(27)44-31)24-9-16-38(17-10-24)45(41)18-13-33-29(40)32(3,4)43-22(2)39/h7-9,19-21,26H,5-6,10-18H2,1-4H3,(H,33,40). The zero-order valence-corrected chi connectivity index (χ0v) is 28.0. The van der Waals surface area contributed by atoms with Crippen molar-refractivity contribution in [3.05, 3.63) is 47.8 Å². The molecular formula is C32H42N6O5S2. The molecule has 1 amide bonds. The van der Waals surface area contributed by atoms with Crippen LogP contribution in [-0.2, 0) is 31.7 Å². The molecule has 45 heavy (non-hydrogen) atoms. The van der Waals surface area contributed by atoms with Gasteiger partial charge in [0.15, 0.2) is 5.60 Å². The molecule has 1 saturated heterocycles. The van der Waals surface area contributed by atoms with Crippen LogP contribution in [-0.4, -0.2) is 85.5 Å². The predicted molar refractivity (Wildman–Crippen MR) is 178 cm³/mol. The van der Waals surface area contributed by atoms with E-state index in [1.165, 1.54) is 31.9 Å². The number of hydrogen-bond acceptors (Lipinski definition) is 10. The number of ether oxygens (including phenoxy) is 2. The first kappa shape index (κ1) is 33.0. The lowest BCUT2D eigenvalue weighted by atomic mass is 10.0. The van der Waals surface area contributed by atoms with E-state index in [4.69, 9.17) is 14.5 Å². The van der Waals surface area contributed by atoms with Crippen molar-refractivity contribution >= 4 is 55.9 Å². The predicted octanol–water partition coefficient (Wildman–Crippen LogP) is 4.30. The van der Waals surface area contributed by atoms with Crippen LogP contribution in [0, 0.1) is 0 Å². The zero-order valence-electron chi connectivity index (χ0n) is 26.4. The van der Waals surface area contributed by atoms with Crippen LogP contribution >= 0.6 is 11.3 Å². The van der Waals surface area contributed by atoms with Crippen LogP contribution < -0.4 is 15.0 Å². The van der Waals surface area contributed by atoms with Crippen LogP contribution in [0.3, 0.4) is 0 Å². The molecule has 0 spiro atoms. The highest BCUT2D eigenvalue weighted by Crippen LogP contribution is 2.33. The monoisotopic (exact) mass is 654 g/mol. The van der Waals surface area contributed by atoms with Gasteiger partial charge in [-0.25, -0.2) is 23.5 Å². The van der Waals surface area contributed by atoms with E-state index in [1.807, 2.05) is 22.8 Å². The lowest BCUT2D eigenvalue weighted by Crippen LogP contribution is -2.46. The highest BCUT2D eigenvalue weighted by molar-refractivity contribution is 7.82. The highest BCUT2D eigenvalue weighted by Gasteiger charge is 2.31. The molecule has 2 aromatic heterocycles. The summed E-state index contributed by atoms with van der Waals surface area (Å²) in [4.78, 5) is 39.6. The quantitative estimate of drug-likeness (QED) is 0.285. The number of thiazole rings is 1. The molecule has 1 fully saturated rings. The molecule has 0 bridgehead atoms. The van der Waals surface area contributed by atoms with Crippen molar-refractivity contribution in [2.75, 3.05) is 43.4 Å². The number of nitrogens with zero attached hydrogens (tertiary/aromatic N) is 5. The molecule has 5 rings (SSSR count). The van der Waals surface area contributed by atoms with Gasteiger partial charge in [0.2, 0.25) is 5.95 Å². The normalized spacial score (nSPS) is 17.2. The number of esters is 1. The molecule has 1 unspecified atom stereocenters. The minimum absolute atomic E-state index is 0.113. The first-order valence-corrected chi connectivity index (χ1v) is 17.6. The molecule has 0 aliphatic carbocycles. The summed E-state index contributed by atoms with van der Waals surface area (Å²) in [6, 6.07) is 6.30. The Kier molecular flexibility index (Phi) is 10.8. The zero-order chi connectivity index (χ0) is 32.0. The van der Waals surface area contributed by atoms with Crippen molar-refractivity contribution in [3.8, 4) is 5.19 Å². The average molecular weight is 655 g/mol. The minimum Gasteiger partial charge on any atom is -0.467 e. The second kappa shape index (κ2) is 14.8. The number of nitrogens with one attached hydrogen (secondary N) is 1. The van der Waals surface area contributed by atoms with Crippen LogP contribution in [0.5, 0.6) is 5.19 Å². The number of fused-ring (bicyclic) bond motifs is 1. The maximum absolute atomic E-state index is 12.9. The maximum Gasteiger partial charge on any atom is 0.303 e. The van der Waals surface area contributed by atoms with E-state index < -0.39 is 28.5 Å². The Morgan fingerprint density at radius 1 is 1.16 bits per heavy atom. The maximum atomic E-state index is 12.9. The fourth-order valence-electron chi connectivity index (χ4n) is 5.50. The van der Waals surface area contributed by atoms with Crippen LogP contribution in [0.1, 0.15) is 64.5 Å². The molecular weight excluding hydrogens is 613 g/mol. The molecule has 1 aromatic carbocycles. The summed E-state index contributed by atoms with van der Waals surface area (Å²) >= 11 is 1.57. The Morgan fingerprint density at radius 3 is 2.58 bits per heavy atom. The van der Waals surface area contributed by atoms with Crippen molar-refractivity contribution < 1.29 is 23.3 Å². The van der Waals surface area contributed by atoms with Gasteiger partial charge in [0.1, 0.15) is 6.10 Å². The number of anilines is 1. The van der Waals surface area contributed by atoms with Crippen molar-refractivity contribution in [1.29, 1.82) is 0 Å². The average Bonchev–Trinajstić information content (AvgIpc) is 3.43. The van der Waals surface area contributed by atoms with Gasteiger partial charge in [-0.15, -0.1) is 0 Å². The lowest BCUT2D eigenvalue weighted by Gasteiger charge is -2.31. The van der Waals surface area contributed by atoms with Crippen LogP contribution in [0.25, 0.3) is 15.8 Å². The van der Waals surface area contributed by atoms with E-state index in [1.54, 1.807) is 11.3 Å². The van der Waals surface area contributed by atoms with E-state index in [9.17, 15) is 13.8 Å². The summed E-state index contributed by atoms with van der Waals surface area (Å²) in [5.74, 6) is 0.148. The molecule has 0 radical (unpaired) electrons. The Labute approximate surface area is 271 Å². The third kappa shape index (κ3) is 8.65. The molecule has 242 valence electrons. The van der Waals surface area contributed by atoms with Gasteiger partial charge in [-0.05, 0) is 55.5 Å². The largest absolute Gasteiger partial charge is 0.467 e. The summed E-state index contributed by atoms with van der Waals surface area (Å²) in [5.41, 5.74) is 3.19. The summed E-state index contributed by atoms with van der Waals surface area (Å²) in [6.45, 7) is 9.65. The lowest BCUT2D eigenvalue weighted by molar-refractivity contribution is -0.162. The third-order valence-electron chi connectivity index (χ3n) is 7.93. The van der Waals surface area contributed by atoms with E-state index in [0.717, 1.165) is 66.9 Å². The fraction of sp³-hybridized carbons (Fsp3) is 0.531. The van der Waals surface area contributed by atoms with Crippen molar-refractivity contribution in [2.24, 2.45) is 0 Å². The van der Waals surface area contributed by atoms with E-state index in [0.29, 0.717) is 24.0 Å². The van der Waals surface area contributed by atoms with E-state index >= 15 is 0 Å². The Hall–Kier alpha value is -3.42. The molecule has 1 N–H and O–H groups in total. The number of aryl methyl sites for hydroxylation is 1. The van der Waals surface area contributed by atoms with Crippen LogP contribution in [0.4, 0.5) is 5.95 Å². The van der Waals surface area contributed by atoms with Crippen LogP contribution in [0.15, 0.2) is 36.7 Å². The van der Waals surface area contributed by atoms with Crippen LogP contribution in [0.2, 0.25) is 0 Å². The van der Waals surface area contributed by atoms with Gasteiger partial charge in [-0.3, -0.25) is 9.59 Å². The number of benzene rings is 1. The topological polar surface area (TPSA) is 127 Å². The fourth-order valence-corrected chi connectivity index (χ4v) is 7.49. The molecule has 2 aliphatic rings. The Balaban J connectivity index is 1.09. The molecule has 0 saturated carbocycles. The second-order valence-electron chi connectivity index (χ2n) is 11.9.